The highest BCUT2D eigenvalue weighted by Gasteiger charge is 2.11. The van der Waals surface area contributed by atoms with Gasteiger partial charge in [0.1, 0.15) is 5.75 Å². The fourth-order valence-corrected chi connectivity index (χ4v) is 3.80. The number of nitrogens with zero attached hydrogens (tertiary/aromatic N) is 1. The normalized spacial score (nSPS) is 10.9. The van der Waals surface area contributed by atoms with E-state index < -0.39 is 5.97 Å². The second kappa shape index (κ2) is 9.60. The molecule has 0 saturated heterocycles. The summed E-state index contributed by atoms with van der Waals surface area (Å²) in [6, 6.07) is 22.8. The topological polar surface area (TPSA) is 65.6 Å². The van der Waals surface area contributed by atoms with Gasteiger partial charge in [-0.25, -0.2) is 0 Å². The number of carboxylic acid groups (broad SMARTS) is 1. The van der Waals surface area contributed by atoms with Crippen molar-refractivity contribution < 1.29 is 14.6 Å². The highest BCUT2D eigenvalue weighted by atomic mass is 16.5. The van der Waals surface area contributed by atoms with Crippen LogP contribution in [0.4, 0.5) is 5.69 Å². The van der Waals surface area contributed by atoms with Crippen LogP contribution in [0.25, 0.3) is 22.0 Å². The van der Waals surface area contributed by atoms with Crippen molar-refractivity contribution in [1.29, 1.82) is 0 Å². The minimum Gasteiger partial charge on any atom is -0.493 e. The molecule has 4 rings (SSSR count). The van der Waals surface area contributed by atoms with Gasteiger partial charge in [0, 0.05) is 49.9 Å². The molecule has 0 atom stereocenters. The van der Waals surface area contributed by atoms with Gasteiger partial charge in [-0.1, -0.05) is 24.3 Å². The Morgan fingerprint density at radius 3 is 2.47 bits per heavy atom. The number of anilines is 1. The highest BCUT2D eigenvalue weighted by Crippen LogP contribution is 2.33. The summed E-state index contributed by atoms with van der Waals surface area (Å²) in [5, 5.41) is 10.2. The first-order chi connectivity index (χ1) is 15.5. The van der Waals surface area contributed by atoms with Crippen molar-refractivity contribution in [2.75, 3.05) is 25.6 Å². The largest absolute Gasteiger partial charge is 0.493 e. The number of aromatic amines is 1. The Kier molecular flexibility index (Phi) is 6.45. The monoisotopic (exact) mass is 428 g/mol. The van der Waals surface area contributed by atoms with Crippen LogP contribution < -0.4 is 9.64 Å². The first-order valence-corrected chi connectivity index (χ1v) is 10.8. The molecule has 4 aromatic rings. The lowest BCUT2D eigenvalue weighted by atomic mass is 9.99. The van der Waals surface area contributed by atoms with E-state index in [-0.39, 0.29) is 6.42 Å². The summed E-state index contributed by atoms with van der Waals surface area (Å²) in [4.78, 5) is 16.3. The number of aromatic nitrogens is 1. The van der Waals surface area contributed by atoms with E-state index in [1.54, 1.807) is 0 Å². The van der Waals surface area contributed by atoms with Crippen LogP contribution in [0.3, 0.4) is 0 Å². The average Bonchev–Trinajstić information content (AvgIpc) is 3.26. The number of fused-ring (bicyclic) bond motifs is 1. The van der Waals surface area contributed by atoms with Gasteiger partial charge in [0.2, 0.25) is 0 Å². The molecule has 1 heterocycles. The van der Waals surface area contributed by atoms with Gasteiger partial charge in [0.25, 0.3) is 0 Å². The van der Waals surface area contributed by atoms with Gasteiger partial charge in [0.15, 0.2) is 0 Å². The molecule has 5 nitrogen and oxygen atoms in total. The number of carbonyl (C=O) groups is 1. The van der Waals surface area contributed by atoms with E-state index in [1.807, 2.05) is 38.5 Å². The van der Waals surface area contributed by atoms with Crippen LogP contribution >= 0.6 is 0 Å². The third kappa shape index (κ3) is 5.11. The fraction of sp³-hybridized carbons (Fsp3) is 0.222. The zero-order valence-electron chi connectivity index (χ0n) is 18.5. The molecule has 164 valence electrons. The third-order valence-electron chi connectivity index (χ3n) is 5.64. The summed E-state index contributed by atoms with van der Waals surface area (Å²) < 4.78 is 6.21. The number of ether oxygens (including phenoxy) is 1. The van der Waals surface area contributed by atoms with E-state index in [0.717, 1.165) is 39.8 Å². The van der Waals surface area contributed by atoms with Crippen molar-refractivity contribution >= 4 is 22.6 Å². The number of aryl methyl sites for hydroxylation is 1. The molecule has 32 heavy (non-hydrogen) atoms. The molecule has 0 fully saturated rings. The predicted octanol–water partition coefficient (Wildman–Crippen LogP) is 5.54. The molecular formula is C27H28N2O3. The zero-order valence-corrected chi connectivity index (χ0v) is 18.5. The Morgan fingerprint density at radius 2 is 1.72 bits per heavy atom. The van der Waals surface area contributed by atoms with Gasteiger partial charge < -0.3 is 19.7 Å². The maximum atomic E-state index is 11.0. The van der Waals surface area contributed by atoms with Crippen LogP contribution in [0.1, 0.15) is 17.5 Å². The lowest BCUT2D eigenvalue weighted by Crippen LogP contribution is -2.08. The summed E-state index contributed by atoms with van der Waals surface area (Å²) in [5.74, 6) is 0.0183. The minimum atomic E-state index is -0.791. The Labute approximate surface area is 188 Å². The standard InChI is InChI=1S/C27H28N2O3/c1-29(2)23-8-3-19(4-9-23)14-16-32-26-11-5-20(6-12-27(30)31)17-24(26)21-7-10-25-22(18-21)13-15-28-25/h3-5,7-11,13,15,17-18,28H,6,12,14,16H2,1-2H3,(H,30,31). The van der Waals surface area contributed by atoms with Gasteiger partial charge in [0.05, 0.1) is 6.61 Å². The number of rotatable bonds is 9. The van der Waals surface area contributed by atoms with Crippen LogP contribution in [0.15, 0.2) is 72.9 Å². The van der Waals surface area contributed by atoms with Gasteiger partial charge in [-0.05, 0) is 71.0 Å². The number of carboxylic acids is 1. The molecular weight excluding hydrogens is 400 g/mol. The summed E-state index contributed by atoms with van der Waals surface area (Å²) in [6.07, 6.45) is 3.34. The molecule has 0 aliphatic rings. The van der Waals surface area contributed by atoms with E-state index >= 15 is 0 Å². The van der Waals surface area contributed by atoms with Crippen LogP contribution in [-0.4, -0.2) is 36.8 Å². The van der Waals surface area contributed by atoms with Gasteiger partial charge in [-0.15, -0.1) is 0 Å². The van der Waals surface area contributed by atoms with E-state index in [4.69, 9.17) is 9.84 Å². The number of hydrogen-bond acceptors (Lipinski definition) is 3. The fourth-order valence-electron chi connectivity index (χ4n) is 3.80. The molecule has 0 aliphatic heterocycles. The van der Waals surface area contributed by atoms with E-state index in [1.165, 1.54) is 11.3 Å². The van der Waals surface area contributed by atoms with Crippen LogP contribution in [-0.2, 0) is 17.6 Å². The quantitative estimate of drug-likeness (QED) is 0.367. The molecule has 0 bridgehead atoms. The molecule has 0 saturated carbocycles. The molecule has 0 radical (unpaired) electrons. The Morgan fingerprint density at radius 1 is 0.938 bits per heavy atom. The van der Waals surface area contributed by atoms with E-state index in [9.17, 15) is 4.79 Å². The maximum Gasteiger partial charge on any atom is 0.303 e. The third-order valence-corrected chi connectivity index (χ3v) is 5.64. The van der Waals surface area contributed by atoms with Crippen LogP contribution in [0.2, 0.25) is 0 Å². The maximum absolute atomic E-state index is 11.0. The van der Waals surface area contributed by atoms with Crippen molar-refractivity contribution in [3.63, 3.8) is 0 Å². The second-order valence-corrected chi connectivity index (χ2v) is 8.16. The molecule has 0 amide bonds. The summed E-state index contributed by atoms with van der Waals surface area (Å²) in [7, 11) is 4.06. The molecule has 1 aromatic heterocycles. The summed E-state index contributed by atoms with van der Waals surface area (Å²) >= 11 is 0. The Hall–Kier alpha value is -3.73. The van der Waals surface area contributed by atoms with Gasteiger partial charge in [-0.3, -0.25) is 4.79 Å². The summed E-state index contributed by atoms with van der Waals surface area (Å²) in [6.45, 7) is 0.565. The predicted molar refractivity (Wildman–Crippen MR) is 130 cm³/mol. The lowest BCUT2D eigenvalue weighted by molar-refractivity contribution is -0.136. The van der Waals surface area contributed by atoms with Crippen molar-refractivity contribution in [3.05, 3.63) is 84.1 Å². The first kappa shape index (κ1) is 21.5. The van der Waals surface area contributed by atoms with Gasteiger partial charge in [-0.2, -0.15) is 0 Å². The number of aliphatic carboxylic acids is 1. The highest BCUT2D eigenvalue weighted by molar-refractivity contribution is 5.86. The van der Waals surface area contributed by atoms with Crippen molar-refractivity contribution in [2.45, 2.75) is 19.3 Å². The van der Waals surface area contributed by atoms with Crippen molar-refractivity contribution in [1.82, 2.24) is 4.98 Å². The van der Waals surface area contributed by atoms with Crippen LogP contribution in [0, 0.1) is 0 Å². The SMILES string of the molecule is CN(C)c1ccc(CCOc2ccc(CCC(=O)O)cc2-c2ccc3[nH]ccc3c2)cc1. The molecule has 0 aliphatic carbocycles. The van der Waals surface area contributed by atoms with Crippen LogP contribution in [0.5, 0.6) is 5.75 Å². The van der Waals surface area contributed by atoms with E-state index in [2.05, 4.69) is 58.4 Å². The molecule has 5 heteroatoms. The summed E-state index contributed by atoms with van der Waals surface area (Å²) in [5.41, 5.74) is 6.51. The van der Waals surface area contributed by atoms with E-state index in [0.29, 0.717) is 13.0 Å². The molecule has 3 aromatic carbocycles. The van der Waals surface area contributed by atoms with Crippen molar-refractivity contribution in [3.8, 4) is 16.9 Å². The first-order valence-electron chi connectivity index (χ1n) is 10.8. The number of hydrogen-bond donors (Lipinski definition) is 2. The Balaban J connectivity index is 1.55. The smallest absolute Gasteiger partial charge is 0.303 e. The zero-order chi connectivity index (χ0) is 22.5. The number of nitrogens with one attached hydrogen (secondary N) is 1. The molecule has 2 N–H and O–H groups in total. The second-order valence-electron chi connectivity index (χ2n) is 8.16. The lowest BCUT2D eigenvalue weighted by Gasteiger charge is -2.15. The number of H-pyrrole nitrogens is 1. The molecule has 0 unspecified atom stereocenters. The molecule has 0 spiro atoms. The Bertz CT molecular complexity index is 1210. The van der Waals surface area contributed by atoms with Crippen molar-refractivity contribution in [2.24, 2.45) is 0 Å². The minimum absolute atomic E-state index is 0.111. The van der Waals surface area contributed by atoms with Gasteiger partial charge >= 0.3 is 5.97 Å². The number of benzene rings is 3. The average molecular weight is 429 g/mol.